The number of benzene rings is 1. The molecule has 0 saturated carbocycles. The topological polar surface area (TPSA) is 106 Å². The van der Waals surface area contributed by atoms with E-state index in [1.54, 1.807) is 7.11 Å². The van der Waals surface area contributed by atoms with Crippen LogP contribution in [0.2, 0.25) is 0 Å². The Balaban J connectivity index is 1.99. The number of hydrogen-bond donors (Lipinski definition) is 3. The highest BCUT2D eigenvalue weighted by molar-refractivity contribution is 5.85. The normalized spacial score (nSPS) is 15.2. The standard InChI is InChI=1S/C20H26FN5O2/c1-11(21)9-28-15(22)8-24-17-13-7-20(2,3)16-18(25-10-26-19(16)23)12(13)5-6-14(17)27-4/h5-6,10-11,22,24H,7-9H2,1-4H3,(H2,23,25,26). The van der Waals surface area contributed by atoms with Gasteiger partial charge in [-0.25, -0.2) is 14.4 Å². The van der Waals surface area contributed by atoms with E-state index in [9.17, 15) is 4.39 Å². The van der Waals surface area contributed by atoms with Gasteiger partial charge in [-0.05, 0) is 36.5 Å². The van der Waals surface area contributed by atoms with E-state index in [0.717, 1.165) is 28.1 Å². The van der Waals surface area contributed by atoms with Gasteiger partial charge in [0, 0.05) is 11.1 Å². The fraction of sp³-hybridized carbons (Fsp3) is 0.450. The van der Waals surface area contributed by atoms with Gasteiger partial charge in [0.2, 0.25) is 0 Å². The molecule has 0 radical (unpaired) electrons. The molecule has 1 aliphatic carbocycles. The predicted molar refractivity (Wildman–Crippen MR) is 108 cm³/mol. The van der Waals surface area contributed by atoms with Gasteiger partial charge in [0.25, 0.3) is 0 Å². The van der Waals surface area contributed by atoms with Gasteiger partial charge in [-0.15, -0.1) is 0 Å². The highest BCUT2D eigenvalue weighted by atomic mass is 19.1. The van der Waals surface area contributed by atoms with Crippen molar-refractivity contribution < 1.29 is 13.9 Å². The molecule has 1 aromatic carbocycles. The Morgan fingerprint density at radius 3 is 2.82 bits per heavy atom. The lowest BCUT2D eigenvalue weighted by Crippen LogP contribution is -2.29. The summed E-state index contributed by atoms with van der Waals surface area (Å²) in [7, 11) is 1.60. The first-order valence-electron chi connectivity index (χ1n) is 9.14. The second kappa shape index (κ2) is 7.61. The molecule has 1 aliphatic rings. The average Bonchev–Trinajstić information content (AvgIpc) is 2.63. The van der Waals surface area contributed by atoms with Crippen molar-refractivity contribution >= 4 is 17.4 Å². The summed E-state index contributed by atoms with van der Waals surface area (Å²) in [5.41, 5.74) is 10.4. The van der Waals surface area contributed by atoms with E-state index in [-0.39, 0.29) is 24.5 Å². The molecule has 3 rings (SSSR count). The number of ether oxygens (including phenoxy) is 2. The van der Waals surface area contributed by atoms with Crippen LogP contribution in [0.4, 0.5) is 15.9 Å². The van der Waals surface area contributed by atoms with E-state index in [0.29, 0.717) is 18.0 Å². The van der Waals surface area contributed by atoms with Gasteiger partial charge in [0.05, 0.1) is 25.0 Å². The number of nitrogens with zero attached hydrogens (tertiary/aromatic N) is 2. The van der Waals surface area contributed by atoms with Crippen LogP contribution in [0, 0.1) is 5.41 Å². The maximum atomic E-state index is 12.9. The first-order valence-corrected chi connectivity index (χ1v) is 9.14. The molecule has 1 atom stereocenters. The lowest BCUT2D eigenvalue weighted by molar-refractivity contribution is 0.197. The molecule has 28 heavy (non-hydrogen) atoms. The lowest BCUT2D eigenvalue weighted by atomic mass is 9.71. The largest absolute Gasteiger partial charge is 0.495 e. The van der Waals surface area contributed by atoms with Crippen molar-refractivity contribution in [2.24, 2.45) is 0 Å². The predicted octanol–water partition coefficient (Wildman–Crippen LogP) is 3.33. The van der Waals surface area contributed by atoms with Crippen LogP contribution in [-0.2, 0) is 16.6 Å². The SMILES string of the molecule is COc1ccc2c(c1NCC(=N)OCC(C)F)CC(C)(C)c1c(N)ncnc1-2. The molecule has 2 aromatic rings. The molecule has 4 N–H and O–H groups in total. The minimum Gasteiger partial charge on any atom is -0.495 e. The number of fused-ring (bicyclic) bond motifs is 3. The summed E-state index contributed by atoms with van der Waals surface area (Å²) < 4.78 is 23.6. The van der Waals surface area contributed by atoms with Crippen molar-refractivity contribution in [2.75, 3.05) is 31.3 Å². The highest BCUT2D eigenvalue weighted by Gasteiger charge is 2.36. The van der Waals surface area contributed by atoms with Crippen LogP contribution < -0.4 is 15.8 Å². The van der Waals surface area contributed by atoms with E-state index in [4.69, 9.17) is 20.6 Å². The first-order chi connectivity index (χ1) is 13.2. The fourth-order valence-electron chi connectivity index (χ4n) is 3.63. The average molecular weight is 387 g/mol. The molecule has 1 heterocycles. The second-order valence-corrected chi connectivity index (χ2v) is 7.58. The first kappa shape index (κ1) is 19.9. The van der Waals surface area contributed by atoms with Crippen LogP contribution in [0.25, 0.3) is 11.3 Å². The fourth-order valence-corrected chi connectivity index (χ4v) is 3.63. The Labute approximate surface area is 164 Å². The number of aromatic nitrogens is 2. The third-order valence-corrected chi connectivity index (χ3v) is 4.83. The molecule has 150 valence electrons. The van der Waals surface area contributed by atoms with Gasteiger partial charge < -0.3 is 20.5 Å². The summed E-state index contributed by atoms with van der Waals surface area (Å²) in [4.78, 5) is 8.65. The number of halogens is 1. The molecule has 0 fully saturated rings. The maximum absolute atomic E-state index is 12.9. The van der Waals surface area contributed by atoms with E-state index in [2.05, 4.69) is 29.1 Å². The molecule has 8 heteroatoms. The molecule has 0 spiro atoms. The van der Waals surface area contributed by atoms with Crippen LogP contribution >= 0.6 is 0 Å². The van der Waals surface area contributed by atoms with Crippen LogP contribution in [-0.4, -0.2) is 42.3 Å². The number of nitrogens with one attached hydrogen (secondary N) is 2. The van der Waals surface area contributed by atoms with Crippen molar-refractivity contribution in [2.45, 2.75) is 38.8 Å². The molecule has 1 unspecified atom stereocenters. The second-order valence-electron chi connectivity index (χ2n) is 7.58. The van der Waals surface area contributed by atoms with Crippen molar-refractivity contribution in [1.82, 2.24) is 9.97 Å². The highest BCUT2D eigenvalue weighted by Crippen LogP contribution is 2.48. The number of nitrogen functional groups attached to an aromatic ring is 1. The number of hydrogen-bond acceptors (Lipinski definition) is 7. The summed E-state index contributed by atoms with van der Waals surface area (Å²) in [6.45, 7) is 5.58. The molecule has 0 bridgehead atoms. The summed E-state index contributed by atoms with van der Waals surface area (Å²) in [5, 5.41) is 11.1. The Morgan fingerprint density at radius 1 is 1.39 bits per heavy atom. The van der Waals surface area contributed by atoms with Gasteiger partial charge in [0.15, 0.2) is 5.90 Å². The third kappa shape index (κ3) is 3.72. The van der Waals surface area contributed by atoms with Gasteiger partial charge in [-0.2, -0.15) is 0 Å². The van der Waals surface area contributed by atoms with Gasteiger partial charge in [-0.3, -0.25) is 5.41 Å². The summed E-state index contributed by atoms with van der Waals surface area (Å²) in [5.74, 6) is 1.11. The molecule has 7 nitrogen and oxygen atoms in total. The molecule has 0 saturated heterocycles. The van der Waals surface area contributed by atoms with Gasteiger partial charge in [-0.1, -0.05) is 13.8 Å². The summed E-state index contributed by atoms with van der Waals surface area (Å²) >= 11 is 0. The Kier molecular flexibility index (Phi) is 5.40. The maximum Gasteiger partial charge on any atom is 0.200 e. The zero-order chi connectivity index (χ0) is 20.5. The minimum atomic E-state index is -1.12. The van der Waals surface area contributed by atoms with Crippen LogP contribution in [0.15, 0.2) is 18.5 Å². The Bertz CT molecular complexity index is 898. The zero-order valence-corrected chi connectivity index (χ0v) is 16.6. The molecular formula is C20H26FN5O2. The molecule has 1 aromatic heterocycles. The summed E-state index contributed by atoms with van der Waals surface area (Å²) in [6.07, 6.45) is 1.04. The van der Waals surface area contributed by atoms with Crippen molar-refractivity contribution in [3.8, 4) is 17.0 Å². The zero-order valence-electron chi connectivity index (χ0n) is 16.6. The van der Waals surface area contributed by atoms with Crippen molar-refractivity contribution in [1.29, 1.82) is 5.41 Å². The van der Waals surface area contributed by atoms with Crippen LogP contribution in [0.5, 0.6) is 5.75 Å². The van der Waals surface area contributed by atoms with Crippen molar-refractivity contribution in [3.05, 3.63) is 29.6 Å². The number of rotatable bonds is 6. The smallest absolute Gasteiger partial charge is 0.200 e. The van der Waals surface area contributed by atoms with E-state index < -0.39 is 6.17 Å². The number of methoxy groups -OCH3 is 1. The quantitative estimate of drug-likeness (QED) is 0.518. The van der Waals surface area contributed by atoms with Gasteiger partial charge >= 0.3 is 0 Å². The molecular weight excluding hydrogens is 361 g/mol. The molecule has 0 aliphatic heterocycles. The van der Waals surface area contributed by atoms with Crippen LogP contribution in [0.3, 0.4) is 0 Å². The molecule has 0 amide bonds. The van der Waals surface area contributed by atoms with E-state index in [1.165, 1.54) is 13.3 Å². The van der Waals surface area contributed by atoms with E-state index in [1.807, 2.05) is 12.1 Å². The van der Waals surface area contributed by atoms with Crippen molar-refractivity contribution in [3.63, 3.8) is 0 Å². The Morgan fingerprint density at radius 2 is 2.14 bits per heavy atom. The third-order valence-electron chi connectivity index (χ3n) is 4.83. The summed E-state index contributed by atoms with van der Waals surface area (Å²) in [6, 6.07) is 3.82. The number of anilines is 2. The Hall–Kier alpha value is -2.90. The number of nitrogens with two attached hydrogens (primary N) is 1. The minimum absolute atomic E-state index is 0.0359. The van der Waals surface area contributed by atoms with E-state index >= 15 is 0 Å². The van der Waals surface area contributed by atoms with Gasteiger partial charge in [0.1, 0.15) is 30.7 Å². The number of alkyl halides is 1. The lowest BCUT2D eigenvalue weighted by Gasteiger charge is -2.35. The van der Waals surface area contributed by atoms with Crippen LogP contribution in [0.1, 0.15) is 31.9 Å². The monoisotopic (exact) mass is 387 g/mol.